The van der Waals surface area contributed by atoms with E-state index in [1.54, 1.807) is 35.2 Å². The summed E-state index contributed by atoms with van der Waals surface area (Å²) in [5.41, 5.74) is 5.95. The summed E-state index contributed by atoms with van der Waals surface area (Å²) in [6, 6.07) is 9.96. The number of amides is 4. The number of aliphatic hydroxyl groups excluding tert-OH is 1. The first-order chi connectivity index (χ1) is 35.4. The monoisotopic (exact) mass is 1030 g/mol. The van der Waals surface area contributed by atoms with Crippen LogP contribution in [0.4, 0.5) is 17.5 Å². The number of thiazole rings is 1. The van der Waals surface area contributed by atoms with Crippen molar-refractivity contribution in [2.45, 2.75) is 130 Å². The molecule has 5 fully saturated rings. The van der Waals surface area contributed by atoms with Crippen LogP contribution in [-0.2, 0) is 25.7 Å². The number of nitrogens with zero attached hydrogens (tertiary/aromatic N) is 8. The van der Waals surface area contributed by atoms with E-state index < -0.39 is 23.6 Å². The number of Topliss-reactive ketones (excluding diaryl/α,β-unsaturated/α-hetero) is 1. The molecule has 0 unspecified atom stereocenters. The maximum atomic E-state index is 14.3. The molecule has 0 radical (unpaired) electrons. The molecule has 6 heterocycles. The molecule has 1 spiro atoms. The standard InChI is InChI=1S/C55H67N11O7S/c1-31-41-28-58-53(62-47(41)66(38-9-7-8-10-38)51(72)44(31)33(3)67)60-43-16-15-39(27-56-43)63-17-19-64(20-18-63)50(71)37-24-55(25-37)22-36(23-55)48(69)61-46(54(4,5)6)52(73)65-29-40(68)21-42(65)49(70)57-26-34-11-13-35(14-12-34)45-32(2)59-30-74-45/h11-16,27-28,30,36-38,40,42,46,68H,7-10,17-26,29H2,1-6H3,(H,57,70)(H,61,69)(H,56,58,60,62)/t36?,37?,40-,42+,46-,55?/m1/s1. The lowest BCUT2D eigenvalue weighted by atomic mass is 9.48. The Labute approximate surface area is 434 Å². The van der Waals surface area contributed by atoms with Crippen LogP contribution in [0.25, 0.3) is 21.5 Å². The van der Waals surface area contributed by atoms with Crippen LogP contribution in [0.3, 0.4) is 0 Å². The molecule has 19 heteroatoms. The molecule has 0 bridgehead atoms. The molecule has 5 aliphatic rings. The van der Waals surface area contributed by atoms with Crippen LogP contribution in [0.2, 0.25) is 0 Å². The summed E-state index contributed by atoms with van der Waals surface area (Å²) in [7, 11) is 0. The minimum atomic E-state index is -0.905. The van der Waals surface area contributed by atoms with Gasteiger partial charge in [0.25, 0.3) is 5.56 Å². The zero-order valence-electron chi connectivity index (χ0n) is 43.1. The number of hydrogen-bond acceptors (Lipinski definition) is 14. The highest BCUT2D eigenvalue weighted by Gasteiger charge is 2.57. The highest BCUT2D eigenvalue weighted by Crippen LogP contribution is 2.61. The Morgan fingerprint density at radius 1 is 0.878 bits per heavy atom. The average molecular weight is 1030 g/mol. The Balaban J connectivity index is 0.683. The molecule has 18 nitrogen and oxygen atoms in total. The number of β-amino-alcohol motifs (C(OH)–C–C–N with tert-alkyl or cyclic N) is 1. The number of anilines is 3. The number of carbonyl (C=O) groups is 5. The number of aromatic nitrogens is 5. The second-order valence-corrected chi connectivity index (χ2v) is 23.4. The van der Waals surface area contributed by atoms with Gasteiger partial charge in [0, 0.05) is 75.2 Å². The first kappa shape index (κ1) is 50.9. The van der Waals surface area contributed by atoms with E-state index in [4.69, 9.17) is 4.98 Å². The van der Waals surface area contributed by atoms with Crippen molar-refractivity contribution < 1.29 is 29.1 Å². The number of hydrogen-bond donors (Lipinski definition) is 4. The molecule has 4 N–H and O–H groups in total. The lowest BCUT2D eigenvalue weighted by Gasteiger charge is -2.57. The first-order valence-electron chi connectivity index (χ1n) is 26.1. The normalized spacial score (nSPS) is 23.4. The fourth-order valence-electron chi connectivity index (χ4n) is 12.2. The Bertz CT molecular complexity index is 3030. The van der Waals surface area contributed by atoms with E-state index >= 15 is 0 Å². The molecule has 390 valence electrons. The number of rotatable bonds is 13. The number of likely N-dealkylation sites (tertiary alicyclic amines) is 1. The largest absolute Gasteiger partial charge is 0.391 e. The van der Waals surface area contributed by atoms with E-state index in [0.717, 1.165) is 65.9 Å². The van der Waals surface area contributed by atoms with Crippen LogP contribution in [-0.4, -0.2) is 120 Å². The third-order valence-corrected chi connectivity index (χ3v) is 17.3. The van der Waals surface area contributed by atoms with Crippen LogP contribution in [0.1, 0.15) is 119 Å². The predicted octanol–water partition coefficient (Wildman–Crippen LogP) is 6.25. The van der Waals surface area contributed by atoms with Crippen LogP contribution in [0, 0.1) is 36.5 Å². The molecule has 4 amide bonds. The van der Waals surface area contributed by atoms with Crippen LogP contribution in [0.15, 0.2) is 59.1 Å². The number of benzene rings is 1. The van der Waals surface area contributed by atoms with Crippen molar-refractivity contribution in [3.63, 3.8) is 0 Å². The fourth-order valence-corrected chi connectivity index (χ4v) is 13.0. The summed E-state index contributed by atoms with van der Waals surface area (Å²) in [4.78, 5) is 107. The van der Waals surface area contributed by atoms with Gasteiger partial charge in [-0.2, -0.15) is 4.98 Å². The van der Waals surface area contributed by atoms with Crippen molar-refractivity contribution in [2.24, 2.45) is 22.7 Å². The molecule has 3 aliphatic carbocycles. The summed E-state index contributed by atoms with van der Waals surface area (Å²) in [5.74, 6) is -0.540. The van der Waals surface area contributed by atoms with Gasteiger partial charge in [-0.15, -0.1) is 11.3 Å². The molecule has 2 aliphatic heterocycles. The van der Waals surface area contributed by atoms with Gasteiger partial charge in [0.15, 0.2) is 5.78 Å². The van der Waals surface area contributed by atoms with Gasteiger partial charge < -0.3 is 35.8 Å². The summed E-state index contributed by atoms with van der Waals surface area (Å²) < 4.78 is 1.69. The summed E-state index contributed by atoms with van der Waals surface area (Å²) in [5, 5.41) is 20.6. The highest BCUT2D eigenvalue weighted by molar-refractivity contribution is 7.13. The molecule has 5 aromatic rings. The third-order valence-electron chi connectivity index (χ3n) is 16.3. The molecular weight excluding hydrogens is 959 g/mol. The molecule has 3 atom stereocenters. The van der Waals surface area contributed by atoms with Crippen LogP contribution >= 0.6 is 11.3 Å². The Hall–Kier alpha value is -6.60. The molecule has 74 heavy (non-hydrogen) atoms. The van der Waals surface area contributed by atoms with E-state index in [2.05, 4.69) is 35.8 Å². The topological polar surface area (TPSA) is 225 Å². The SMILES string of the molecule is CC(=O)c1c(C)c2cnc(Nc3ccc(N4CCN(C(=O)C5CC6(CC(C(=O)N[C@H](C(=O)N7C[C@H](O)C[C@H]7C(=O)NCc7ccc(-c8scnc8C)cc7)C(C)(C)C)C6)C5)CC4)cn3)nc2n(C2CCCC2)c1=O. The third kappa shape index (κ3) is 10.0. The van der Waals surface area contributed by atoms with Crippen molar-refractivity contribution in [3.8, 4) is 10.4 Å². The molecule has 1 aromatic carbocycles. The minimum absolute atomic E-state index is 0.00477. The zero-order chi connectivity index (χ0) is 52.2. The van der Waals surface area contributed by atoms with Crippen molar-refractivity contribution in [2.75, 3.05) is 42.9 Å². The van der Waals surface area contributed by atoms with E-state index in [0.29, 0.717) is 67.4 Å². The smallest absolute Gasteiger partial charge is 0.263 e. The number of carbonyl (C=O) groups excluding carboxylic acids is 5. The minimum Gasteiger partial charge on any atom is -0.391 e. The number of fused-ring (bicyclic) bond motifs is 1. The van der Waals surface area contributed by atoms with Crippen molar-refractivity contribution in [3.05, 3.63) is 87.0 Å². The maximum Gasteiger partial charge on any atom is 0.263 e. The Morgan fingerprint density at radius 3 is 2.22 bits per heavy atom. The van der Waals surface area contributed by atoms with Crippen molar-refractivity contribution in [1.29, 1.82) is 0 Å². The van der Waals surface area contributed by atoms with Crippen LogP contribution in [0.5, 0.6) is 0 Å². The fraction of sp³-hybridized carbons (Fsp3) is 0.527. The van der Waals surface area contributed by atoms with Crippen molar-refractivity contribution in [1.82, 2.24) is 44.9 Å². The number of nitrogens with one attached hydrogen (secondary N) is 3. The van der Waals surface area contributed by atoms with E-state index in [9.17, 15) is 33.9 Å². The van der Waals surface area contributed by atoms with Gasteiger partial charge >= 0.3 is 0 Å². The average Bonchev–Trinajstić information content (AvgIpc) is 4.13. The summed E-state index contributed by atoms with van der Waals surface area (Å²) in [6.45, 7) is 13.6. The Morgan fingerprint density at radius 2 is 1.58 bits per heavy atom. The maximum absolute atomic E-state index is 14.3. The Kier molecular flexibility index (Phi) is 13.9. The molecule has 2 saturated heterocycles. The van der Waals surface area contributed by atoms with Gasteiger partial charge in [-0.25, -0.2) is 15.0 Å². The molecule has 3 saturated carbocycles. The van der Waals surface area contributed by atoms with E-state index in [1.165, 1.54) is 11.8 Å². The van der Waals surface area contributed by atoms with E-state index in [-0.39, 0.29) is 83.3 Å². The van der Waals surface area contributed by atoms with Gasteiger partial charge in [-0.3, -0.25) is 33.3 Å². The van der Waals surface area contributed by atoms with Gasteiger partial charge in [-0.05, 0) is 98.9 Å². The number of aliphatic hydroxyl groups is 1. The summed E-state index contributed by atoms with van der Waals surface area (Å²) >= 11 is 1.58. The van der Waals surface area contributed by atoms with Gasteiger partial charge in [0.1, 0.15) is 23.5 Å². The number of ketones is 1. The zero-order valence-corrected chi connectivity index (χ0v) is 44.0. The number of aryl methyl sites for hydroxylation is 2. The summed E-state index contributed by atoms with van der Waals surface area (Å²) in [6.07, 6.45) is 9.27. The van der Waals surface area contributed by atoms with Crippen LogP contribution < -0.4 is 26.4 Å². The predicted molar refractivity (Wildman–Crippen MR) is 282 cm³/mol. The molecular formula is C55H67N11O7S. The first-order valence-corrected chi connectivity index (χ1v) is 27.0. The molecule has 10 rings (SSSR count). The second kappa shape index (κ2) is 20.3. The second-order valence-electron chi connectivity index (χ2n) is 22.5. The number of piperazine rings is 1. The quantitative estimate of drug-likeness (QED) is 0.0959. The van der Waals surface area contributed by atoms with Gasteiger partial charge in [0.05, 0.1) is 39.6 Å². The lowest BCUT2D eigenvalue weighted by molar-refractivity contribution is -0.158. The van der Waals surface area contributed by atoms with Gasteiger partial charge in [0.2, 0.25) is 29.6 Å². The van der Waals surface area contributed by atoms with Gasteiger partial charge in [-0.1, -0.05) is 57.9 Å². The molecule has 4 aromatic heterocycles. The number of pyridine rings is 2. The van der Waals surface area contributed by atoms with Crippen molar-refractivity contribution >= 4 is 69.2 Å². The van der Waals surface area contributed by atoms with E-state index in [1.807, 2.05) is 74.5 Å². The highest BCUT2D eigenvalue weighted by atomic mass is 32.1. The lowest BCUT2D eigenvalue weighted by Crippen LogP contribution is -2.61.